The molecule has 1 saturated carbocycles. The molecule has 54 valence electrons. The average Bonchev–Trinajstić information content (AvgIpc) is 2.47. The Hall–Kier alpha value is -0.0800. The number of rotatable bonds is 3. The number of methoxy groups -OCH3 is 1. The molecule has 0 aromatic heterocycles. The van der Waals surface area contributed by atoms with Crippen molar-refractivity contribution in [3.8, 4) is 0 Å². The van der Waals surface area contributed by atoms with Crippen LogP contribution in [0.5, 0.6) is 0 Å². The van der Waals surface area contributed by atoms with Gasteiger partial charge in [-0.1, -0.05) is 6.92 Å². The molecule has 0 radical (unpaired) electrons. The molecular formula is C7H15NO. The summed E-state index contributed by atoms with van der Waals surface area (Å²) in [4.78, 5) is 0. The van der Waals surface area contributed by atoms with E-state index in [-0.39, 0.29) is 6.04 Å². The standard InChI is InChI=1S/C7H15NO/c1-5-3-6(5)7(8)4-9-2/h5-7H,3-4,8H2,1-2H3. The van der Waals surface area contributed by atoms with Gasteiger partial charge in [0.05, 0.1) is 6.61 Å². The fourth-order valence-electron chi connectivity index (χ4n) is 1.26. The second-order valence-corrected chi connectivity index (χ2v) is 3.00. The molecule has 1 rings (SSSR count). The van der Waals surface area contributed by atoms with Crippen molar-refractivity contribution in [1.82, 2.24) is 0 Å². The van der Waals surface area contributed by atoms with E-state index in [1.165, 1.54) is 6.42 Å². The van der Waals surface area contributed by atoms with Crippen LogP contribution in [0.1, 0.15) is 13.3 Å². The van der Waals surface area contributed by atoms with Gasteiger partial charge in [0.2, 0.25) is 0 Å². The van der Waals surface area contributed by atoms with Crippen LogP contribution in [-0.4, -0.2) is 19.8 Å². The topological polar surface area (TPSA) is 35.2 Å². The van der Waals surface area contributed by atoms with Gasteiger partial charge in [-0.15, -0.1) is 0 Å². The lowest BCUT2D eigenvalue weighted by atomic mass is 10.2. The molecule has 0 amide bonds. The quantitative estimate of drug-likeness (QED) is 0.606. The summed E-state index contributed by atoms with van der Waals surface area (Å²) in [5.41, 5.74) is 5.75. The second-order valence-electron chi connectivity index (χ2n) is 3.00. The summed E-state index contributed by atoms with van der Waals surface area (Å²) >= 11 is 0. The highest BCUT2D eigenvalue weighted by Crippen LogP contribution is 2.39. The molecule has 2 N–H and O–H groups in total. The van der Waals surface area contributed by atoms with Gasteiger partial charge in [-0.2, -0.15) is 0 Å². The van der Waals surface area contributed by atoms with Crippen LogP contribution in [0.15, 0.2) is 0 Å². The largest absolute Gasteiger partial charge is 0.383 e. The van der Waals surface area contributed by atoms with Crippen molar-refractivity contribution in [2.45, 2.75) is 19.4 Å². The number of hydrogen-bond acceptors (Lipinski definition) is 2. The van der Waals surface area contributed by atoms with Crippen molar-refractivity contribution in [2.24, 2.45) is 17.6 Å². The molecule has 2 nitrogen and oxygen atoms in total. The van der Waals surface area contributed by atoms with Gasteiger partial charge in [0.1, 0.15) is 0 Å². The average molecular weight is 129 g/mol. The summed E-state index contributed by atoms with van der Waals surface area (Å²) in [6.07, 6.45) is 1.30. The highest BCUT2D eigenvalue weighted by molar-refractivity contribution is 4.90. The van der Waals surface area contributed by atoms with Gasteiger partial charge in [-0.25, -0.2) is 0 Å². The Morgan fingerprint density at radius 2 is 2.33 bits per heavy atom. The Morgan fingerprint density at radius 3 is 2.67 bits per heavy atom. The molecule has 1 aliphatic rings. The van der Waals surface area contributed by atoms with E-state index in [2.05, 4.69) is 6.92 Å². The second kappa shape index (κ2) is 2.67. The predicted molar refractivity (Wildman–Crippen MR) is 37.1 cm³/mol. The molecule has 0 bridgehead atoms. The van der Waals surface area contributed by atoms with Crippen molar-refractivity contribution in [3.05, 3.63) is 0 Å². The van der Waals surface area contributed by atoms with E-state index in [1.54, 1.807) is 7.11 Å². The van der Waals surface area contributed by atoms with Gasteiger partial charge in [-0.05, 0) is 18.3 Å². The molecule has 0 saturated heterocycles. The van der Waals surface area contributed by atoms with E-state index >= 15 is 0 Å². The smallest absolute Gasteiger partial charge is 0.0616 e. The molecule has 3 atom stereocenters. The fourth-order valence-corrected chi connectivity index (χ4v) is 1.26. The van der Waals surface area contributed by atoms with Gasteiger partial charge >= 0.3 is 0 Å². The van der Waals surface area contributed by atoms with Gasteiger partial charge in [0.15, 0.2) is 0 Å². The Balaban J connectivity index is 2.11. The molecule has 1 fully saturated rings. The summed E-state index contributed by atoms with van der Waals surface area (Å²) in [5, 5.41) is 0. The van der Waals surface area contributed by atoms with Crippen LogP contribution in [0.2, 0.25) is 0 Å². The van der Waals surface area contributed by atoms with E-state index in [9.17, 15) is 0 Å². The van der Waals surface area contributed by atoms with Gasteiger partial charge < -0.3 is 10.5 Å². The van der Waals surface area contributed by atoms with E-state index in [1.807, 2.05) is 0 Å². The number of ether oxygens (including phenoxy) is 1. The highest BCUT2D eigenvalue weighted by Gasteiger charge is 2.37. The van der Waals surface area contributed by atoms with Crippen LogP contribution in [0.3, 0.4) is 0 Å². The molecule has 9 heavy (non-hydrogen) atoms. The van der Waals surface area contributed by atoms with Crippen LogP contribution in [0.25, 0.3) is 0 Å². The molecular weight excluding hydrogens is 114 g/mol. The van der Waals surface area contributed by atoms with Crippen molar-refractivity contribution >= 4 is 0 Å². The van der Waals surface area contributed by atoms with Crippen LogP contribution >= 0.6 is 0 Å². The maximum Gasteiger partial charge on any atom is 0.0616 e. The van der Waals surface area contributed by atoms with E-state index in [0.29, 0.717) is 0 Å². The Kier molecular flexibility index (Phi) is 2.09. The molecule has 2 heteroatoms. The summed E-state index contributed by atoms with van der Waals surface area (Å²) in [5.74, 6) is 1.58. The van der Waals surface area contributed by atoms with Crippen LogP contribution in [0.4, 0.5) is 0 Å². The lowest BCUT2D eigenvalue weighted by Crippen LogP contribution is -2.28. The molecule has 0 aromatic rings. The minimum absolute atomic E-state index is 0.282. The summed E-state index contributed by atoms with van der Waals surface area (Å²) in [7, 11) is 1.70. The predicted octanol–water partition coefficient (Wildman–Crippen LogP) is 0.616. The maximum absolute atomic E-state index is 5.75. The SMILES string of the molecule is COCC(N)C1CC1C. The van der Waals surface area contributed by atoms with Crippen molar-refractivity contribution in [1.29, 1.82) is 0 Å². The maximum atomic E-state index is 5.75. The summed E-state index contributed by atoms with van der Waals surface area (Å²) < 4.78 is 4.93. The van der Waals surface area contributed by atoms with Crippen molar-refractivity contribution in [2.75, 3.05) is 13.7 Å². The van der Waals surface area contributed by atoms with Crippen molar-refractivity contribution < 1.29 is 4.74 Å². The zero-order valence-electron chi connectivity index (χ0n) is 6.13. The molecule has 1 aliphatic carbocycles. The zero-order valence-corrected chi connectivity index (χ0v) is 6.13. The third-order valence-corrected chi connectivity index (χ3v) is 2.08. The lowest BCUT2D eigenvalue weighted by molar-refractivity contribution is 0.171. The summed E-state index contributed by atoms with van der Waals surface area (Å²) in [6, 6.07) is 0.282. The first-order valence-electron chi connectivity index (χ1n) is 3.50. The Morgan fingerprint density at radius 1 is 1.78 bits per heavy atom. The third kappa shape index (κ3) is 1.66. The Bertz CT molecular complexity index is 94.9. The number of nitrogens with two attached hydrogens (primary N) is 1. The van der Waals surface area contributed by atoms with Crippen LogP contribution in [-0.2, 0) is 4.74 Å². The monoisotopic (exact) mass is 129 g/mol. The highest BCUT2D eigenvalue weighted by atomic mass is 16.5. The van der Waals surface area contributed by atoms with Crippen molar-refractivity contribution in [3.63, 3.8) is 0 Å². The third-order valence-electron chi connectivity index (χ3n) is 2.08. The van der Waals surface area contributed by atoms with E-state index in [4.69, 9.17) is 10.5 Å². The van der Waals surface area contributed by atoms with E-state index in [0.717, 1.165) is 18.4 Å². The number of hydrogen-bond donors (Lipinski definition) is 1. The first-order valence-corrected chi connectivity index (χ1v) is 3.50. The fraction of sp³-hybridized carbons (Fsp3) is 1.00. The molecule has 3 unspecified atom stereocenters. The van der Waals surface area contributed by atoms with Gasteiger partial charge in [0.25, 0.3) is 0 Å². The van der Waals surface area contributed by atoms with Crippen LogP contribution in [0, 0.1) is 11.8 Å². The summed E-state index contributed by atoms with van der Waals surface area (Å²) in [6.45, 7) is 2.95. The normalized spacial score (nSPS) is 36.3. The van der Waals surface area contributed by atoms with E-state index < -0.39 is 0 Å². The Labute approximate surface area is 56.4 Å². The molecule has 0 spiro atoms. The minimum atomic E-state index is 0.282. The van der Waals surface area contributed by atoms with Gasteiger partial charge in [-0.3, -0.25) is 0 Å². The molecule has 0 aliphatic heterocycles. The molecule has 0 heterocycles. The lowest BCUT2D eigenvalue weighted by Gasteiger charge is -2.07. The first-order chi connectivity index (χ1) is 4.25. The van der Waals surface area contributed by atoms with Gasteiger partial charge in [0, 0.05) is 13.2 Å². The van der Waals surface area contributed by atoms with Crippen LogP contribution < -0.4 is 5.73 Å². The zero-order chi connectivity index (χ0) is 6.85. The molecule has 0 aromatic carbocycles. The minimum Gasteiger partial charge on any atom is -0.383 e. The first kappa shape index (κ1) is 7.03.